The number of carbonyl (C=O) groups is 1. The smallest absolute Gasteiger partial charge is 0.229 e. The van der Waals surface area contributed by atoms with Gasteiger partial charge in [-0.3, -0.25) is 4.79 Å². The summed E-state index contributed by atoms with van der Waals surface area (Å²) < 4.78 is 0. The van der Waals surface area contributed by atoms with E-state index >= 15 is 0 Å². The van der Waals surface area contributed by atoms with E-state index in [2.05, 4.69) is 29.7 Å². The minimum absolute atomic E-state index is 0.0409. The molecule has 0 saturated heterocycles. The van der Waals surface area contributed by atoms with Crippen molar-refractivity contribution in [2.24, 2.45) is 11.8 Å². The lowest BCUT2D eigenvalue weighted by Crippen LogP contribution is -2.43. The molecule has 112 valence electrons. The van der Waals surface area contributed by atoms with Crippen molar-refractivity contribution >= 4 is 11.6 Å². The van der Waals surface area contributed by atoms with Gasteiger partial charge < -0.3 is 10.6 Å². The topological polar surface area (TPSA) is 41.1 Å². The monoisotopic (exact) mass is 284 g/mol. The molecule has 21 heavy (non-hydrogen) atoms. The lowest BCUT2D eigenvalue weighted by Gasteiger charge is -2.30. The lowest BCUT2D eigenvalue weighted by atomic mass is 9.85. The van der Waals surface area contributed by atoms with Crippen molar-refractivity contribution in [1.82, 2.24) is 5.32 Å². The van der Waals surface area contributed by atoms with Crippen molar-refractivity contribution in [3.05, 3.63) is 29.8 Å². The van der Waals surface area contributed by atoms with Gasteiger partial charge in [0, 0.05) is 17.8 Å². The molecular formula is C18H24N2O. The average molecular weight is 284 g/mol. The first-order valence-electron chi connectivity index (χ1n) is 8.36. The number of hydrogen-bond donors (Lipinski definition) is 2. The van der Waals surface area contributed by atoms with Crippen molar-refractivity contribution in [3.8, 4) is 0 Å². The van der Waals surface area contributed by atoms with Crippen LogP contribution in [0.15, 0.2) is 24.3 Å². The molecule has 2 saturated carbocycles. The summed E-state index contributed by atoms with van der Waals surface area (Å²) in [4.78, 5) is 12.8. The largest absolute Gasteiger partial charge is 0.381 e. The fourth-order valence-electron chi connectivity index (χ4n) is 4.78. The molecule has 1 amide bonds. The second-order valence-electron chi connectivity index (χ2n) is 7.22. The Morgan fingerprint density at radius 3 is 2.62 bits per heavy atom. The van der Waals surface area contributed by atoms with Crippen molar-refractivity contribution in [2.75, 3.05) is 5.32 Å². The highest BCUT2D eigenvalue weighted by Gasteiger charge is 2.38. The Hall–Kier alpha value is -1.51. The third kappa shape index (κ3) is 2.33. The molecule has 0 aromatic heterocycles. The standard InChI is InChI=1S/C18H24N2O/c1-11-17(15-4-2-3-5-16(15)19-11)18(21)20-14-9-12-6-7-13(8-12)10-14/h2-5,11-14,17,19H,6-10H2,1H3,(H,20,21). The summed E-state index contributed by atoms with van der Waals surface area (Å²) in [5, 5.41) is 6.79. The van der Waals surface area contributed by atoms with Gasteiger partial charge in [0.1, 0.15) is 0 Å². The Morgan fingerprint density at radius 1 is 1.14 bits per heavy atom. The maximum absolute atomic E-state index is 12.8. The molecule has 2 bridgehead atoms. The van der Waals surface area contributed by atoms with Crippen LogP contribution in [0.2, 0.25) is 0 Å². The molecule has 2 N–H and O–H groups in total. The second-order valence-corrected chi connectivity index (χ2v) is 7.22. The lowest BCUT2D eigenvalue weighted by molar-refractivity contribution is -0.123. The molecule has 3 aliphatic rings. The number of hydrogen-bond acceptors (Lipinski definition) is 2. The van der Waals surface area contributed by atoms with Crippen LogP contribution in [0.25, 0.3) is 0 Å². The first-order valence-corrected chi connectivity index (χ1v) is 8.36. The Morgan fingerprint density at radius 2 is 1.86 bits per heavy atom. The van der Waals surface area contributed by atoms with E-state index in [1.54, 1.807) is 0 Å². The predicted octanol–water partition coefficient (Wildman–Crippen LogP) is 3.28. The van der Waals surface area contributed by atoms with Gasteiger partial charge in [-0.05, 0) is 49.7 Å². The second kappa shape index (κ2) is 5.04. The van der Waals surface area contributed by atoms with Crippen LogP contribution in [-0.2, 0) is 4.79 Å². The maximum atomic E-state index is 12.8. The van der Waals surface area contributed by atoms with E-state index in [1.807, 2.05) is 12.1 Å². The number of rotatable bonds is 2. The molecule has 3 heteroatoms. The van der Waals surface area contributed by atoms with Crippen molar-refractivity contribution in [1.29, 1.82) is 0 Å². The van der Waals surface area contributed by atoms with Crippen molar-refractivity contribution < 1.29 is 4.79 Å². The molecule has 3 nitrogen and oxygen atoms in total. The Labute approximate surface area is 126 Å². The highest BCUT2D eigenvalue weighted by atomic mass is 16.2. The van der Waals surface area contributed by atoms with Crippen LogP contribution in [-0.4, -0.2) is 18.0 Å². The normalized spacial score (nSPS) is 36.9. The number of fused-ring (bicyclic) bond motifs is 3. The minimum Gasteiger partial charge on any atom is -0.381 e. The molecule has 1 aromatic rings. The number of para-hydroxylation sites is 1. The fourth-order valence-corrected chi connectivity index (χ4v) is 4.78. The van der Waals surface area contributed by atoms with E-state index in [-0.39, 0.29) is 17.9 Å². The van der Waals surface area contributed by atoms with Gasteiger partial charge in [0.05, 0.1) is 5.92 Å². The number of carbonyl (C=O) groups excluding carboxylic acids is 1. The van der Waals surface area contributed by atoms with Gasteiger partial charge in [-0.15, -0.1) is 0 Å². The van der Waals surface area contributed by atoms with E-state index in [0.717, 1.165) is 23.1 Å². The van der Waals surface area contributed by atoms with Gasteiger partial charge in [-0.25, -0.2) is 0 Å². The number of nitrogens with one attached hydrogen (secondary N) is 2. The zero-order chi connectivity index (χ0) is 14.4. The average Bonchev–Trinajstić information content (AvgIpc) is 2.97. The number of anilines is 1. The van der Waals surface area contributed by atoms with Gasteiger partial charge in [0.25, 0.3) is 0 Å². The van der Waals surface area contributed by atoms with Crippen LogP contribution < -0.4 is 10.6 Å². The summed E-state index contributed by atoms with van der Waals surface area (Å²) in [6, 6.07) is 8.80. The summed E-state index contributed by atoms with van der Waals surface area (Å²) in [6.07, 6.45) is 6.54. The van der Waals surface area contributed by atoms with Crippen LogP contribution in [0.3, 0.4) is 0 Å². The summed E-state index contributed by atoms with van der Waals surface area (Å²) >= 11 is 0. The zero-order valence-electron chi connectivity index (χ0n) is 12.6. The number of benzene rings is 1. The molecule has 2 fully saturated rings. The minimum atomic E-state index is -0.0409. The van der Waals surface area contributed by atoms with Gasteiger partial charge in [-0.1, -0.05) is 31.0 Å². The maximum Gasteiger partial charge on any atom is 0.229 e. The Bertz CT molecular complexity index is 544. The molecule has 2 aliphatic carbocycles. The van der Waals surface area contributed by atoms with Crippen LogP contribution >= 0.6 is 0 Å². The van der Waals surface area contributed by atoms with Crippen LogP contribution in [0, 0.1) is 11.8 Å². The SMILES string of the molecule is CC1Nc2ccccc2C1C(=O)NC1CC2CCC(C2)C1. The molecule has 0 radical (unpaired) electrons. The van der Waals surface area contributed by atoms with E-state index in [4.69, 9.17) is 0 Å². The molecule has 1 aromatic carbocycles. The molecule has 4 unspecified atom stereocenters. The van der Waals surface area contributed by atoms with Gasteiger partial charge in [-0.2, -0.15) is 0 Å². The van der Waals surface area contributed by atoms with Crippen molar-refractivity contribution in [3.63, 3.8) is 0 Å². The van der Waals surface area contributed by atoms with E-state index < -0.39 is 0 Å². The van der Waals surface area contributed by atoms with E-state index in [0.29, 0.717) is 6.04 Å². The zero-order valence-corrected chi connectivity index (χ0v) is 12.6. The molecule has 1 aliphatic heterocycles. The highest BCUT2D eigenvalue weighted by Crippen LogP contribution is 2.42. The van der Waals surface area contributed by atoms with E-state index in [9.17, 15) is 4.79 Å². The highest BCUT2D eigenvalue weighted by molar-refractivity contribution is 5.89. The third-order valence-corrected chi connectivity index (χ3v) is 5.69. The Kier molecular flexibility index (Phi) is 3.16. The first-order chi connectivity index (χ1) is 10.2. The molecule has 4 atom stereocenters. The molecule has 0 spiro atoms. The summed E-state index contributed by atoms with van der Waals surface area (Å²) in [6.45, 7) is 2.11. The van der Waals surface area contributed by atoms with Crippen LogP contribution in [0.5, 0.6) is 0 Å². The predicted molar refractivity (Wildman–Crippen MR) is 84.3 cm³/mol. The number of amides is 1. The van der Waals surface area contributed by atoms with Gasteiger partial charge >= 0.3 is 0 Å². The molecular weight excluding hydrogens is 260 g/mol. The third-order valence-electron chi connectivity index (χ3n) is 5.69. The van der Waals surface area contributed by atoms with Gasteiger partial charge in [0.15, 0.2) is 0 Å². The summed E-state index contributed by atoms with van der Waals surface area (Å²) in [5.74, 6) is 1.90. The van der Waals surface area contributed by atoms with Crippen molar-refractivity contribution in [2.45, 2.75) is 57.0 Å². The van der Waals surface area contributed by atoms with Crippen LogP contribution in [0.4, 0.5) is 5.69 Å². The molecule has 1 heterocycles. The molecule has 4 rings (SSSR count). The Balaban J connectivity index is 1.48. The quantitative estimate of drug-likeness (QED) is 0.875. The van der Waals surface area contributed by atoms with Gasteiger partial charge in [0.2, 0.25) is 5.91 Å². The fraction of sp³-hybridized carbons (Fsp3) is 0.611. The van der Waals surface area contributed by atoms with E-state index in [1.165, 1.54) is 32.1 Å². The van der Waals surface area contributed by atoms with Crippen LogP contribution in [0.1, 0.15) is 50.5 Å². The summed E-state index contributed by atoms with van der Waals surface area (Å²) in [7, 11) is 0. The summed E-state index contributed by atoms with van der Waals surface area (Å²) in [5.41, 5.74) is 2.27. The first kappa shape index (κ1) is 13.2.